The fourth-order valence-electron chi connectivity index (χ4n) is 3.29. The second-order valence-electron chi connectivity index (χ2n) is 6.92. The minimum absolute atomic E-state index is 0.00509. The molecule has 2 heterocycles. The smallest absolute Gasteiger partial charge is 0.295 e. The Balaban J connectivity index is 2.05. The highest BCUT2D eigenvalue weighted by atomic mass is 16.5. The van der Waals surface area contributed by atoms with Crippen LogP contribution >= 0.6 is 0 Å². The summed E-state index contributed by atoms with van der Waals surface area (Å²) in [6.07, 6.45) is 3.19. The van der Waals surface area contributed by atoms with Gasteiger partial charge in [0, 0.05) is 24.5 Å². The monoisotopic (exact) mass is 396 g/mol. The van der Waals surface area contributed by atoms with E-state index < -0.39 is 17.7 Å². The summed E-state index contributed by atoms with van der Waals surface area (Å²) in [5.41, 5.74) is 1.18. The maximum atomic E-state index is 12.8. The fraction of sp³-hybridized carbons (Fsp3) is 0.318. The van der Waals surface area contributed by atoms with E-state index in [0.29, 0.717) is 16.9 Å². The number of nitrogens with zero attached hydrogens (tertiary/aromatic N) is 2. The van der Waals surface area contributed by atoms with Gasteiger partial charge in [-0.05, 0) is 55.8 Å². The Labute approximate surface area is 169 Å². The minimum Gasteiger partial charge on any atom is -0.507 e. The summed E-state index contributed by atoms with van der Waals surface area (Å²) in [7, 11) is 1.54. The van der Waals surface area contributed by atoms with Crippen LogP contribution < -0.4 is 4.74 Å². The average Bonchev–Trinajstić information content (AvgIpc) is 2.98. The van der Waals surface area contributed by atoms with E-state index in [0.717, 1.165) is 0 Å². The number of aromatic nitrogens is 1. The predicted octanol–water partition coefficient (Wildman–Crippen LogP) is 2.94. The molecule has 152 valence electrons. The van der Waals surface area contributed by atoms with Crippen LogP contribution in [0.2, 0.25) is 0 Å². The lowest BCUT2D eigenvalue weighted by molar-refractivity contribution is -0.140. The summed E-state index contributed by atoms with van der Waals surface area (Å²) in [6.45, 7) is 4.32. The number of likely N-dealkylation sites (tertiary alicyclic amines) is 1. The molecule has 0 spiro atoms. The molecular weight excluding hydrogens is 372 g/mol. The molecule has 1 aromatic carbocycles. The first-order chi connectivity index (χ1) is 13.9. The molecule has 1 fully saturated rings. The Morgan fingerprint density at radius 1 is 1.14 bits per heavy atom. The number of amides is 1. The molecule has 0 radical (unpaired) electrons. The molecular formula is C22H24N2O5. The van der Waals surface area contributed by atoms with E-state index in [4.69, 9.17) is 9.47 Å². The van der Waals surface area contributed by atoms with Gasteiger partial charge >= 0.3 is 0 Å². The summed E-state index contributed by atoms with van der Waals surface area (Å²) < 4.78 is 10.7. The number of aliphatic hydroxyl groups excluding tert-OH is 1. The molecule has 29 heavy (non-hydrogen) atoms. The lowest BCUT2D eigenvalue weighted by Gasteiger charge is -2.25. The van der Waals surface area contributed by atoms with Gasteiger partial charge in [0.15, 0.2) is 0 Å². The van der Waals surface area contributed by atoms with Gasteiger partial charge in [-0.3, -0.25) is 14.6 Å². The zero-order chi connectivity index (χ0) is 21.0. The first kappa shape index (κ1) is 20.5. The van der Waals surface area contributed by atoms with Crippen molar-refractivity contribution < 1.29 is 24.2 Å². The van der Waals surface area contributed by atoms with Crippen LogP contribution in [0.25, 0.3) is 5.76 Å². The first-order valence-corrected chi connectivity index (χ1v) is 9.38. The highest BCUT2D eigenvalue weighted by Crippen LogP contribution is 2.39. The van der Waals surface area contributed by atoms with Crippen LogP contribution in [0.1, 0.15) is 31.0 Å². The lowest BCUT2D eigenvalue weighted by atomic mass is 9.96. The third kappa shape index (κ3) is 4.30. The van der Waals surface area contributed by atoms with Crippen LogP contribution in [0.3, 0.4) is 0 Å². The topological polar surface area (TPSA) is 89.0 Å². The summed E-state index contributed by atoms with van der Waals surface area (Å²) in [6, 6.07) is 9.41. The van der Waals surface area contributed by atoms with Crippen LogP contribution in [0, 0.1) is 0 Å². The van der Waals surface area contributed by atoms with Crippen molar-refractivity contribution in [3.8, 4) is 5.75 Å². The Kier molecular flexibility index (Phi) is 6.29. The third-order valence-electron chi connectivity index (χ3n) is 4.71. The van der Waals surface area contributed by atoms with Gasteiger partial charge in [-0.1, -0.05) is 0 Å². The van der Waals surface area contributed by atoms with Gasteiger partial charge in [-0.25, -0.2) is 0 Å². The standard InChI is InChI=1S/C22H24N2O5/c1-14(2)29-13-12-24-19(15-8-10-23-11-9-15)18(21(26)22(24)27)20(25)16-4-6-17(28-3)7-5-16/h4-11,14,19,25H,12-13H2,1-3H3/b20-18-. The number of rotatable bonds is 7. The maximum Gasteiger partial charge on any atom is 0.295 e. The predicted molar refractivity (Wildman–Crippen MR) is 107 cm³/mol. The van der Waals surface area contributed by atoms with Gasteiger partial charge in [0.1, 0.15) is 11.5 Å². The number of hydrogen-bond acceptors (Lipinski definition) is 6. The summed E-state index contributed by atoms with van der Waals surface area (Å²) >= 11 is 0. The number of hydrogen-bond donors (Lipinski definition) is 1. The number of ketones is 1. The third-order valence-corrected chi connectivity index (χ3v) is 4.71. The molecule has 1 aliphatic rings. The van der Waals surface area contributed by atoms with Crippen LogP contribution in [-0.4, -0.2) is 53.0 Å². The largest absolute Gasteiger partial charge is 0.507 e. The van der Waals surface area contributed by atoms with Gasteiger partial charge in [0.25, 0.3) is 11.7 Å². The average molecular weight is 396 g/mol. The molecule has 1 aliphatic heterocycles. The highest BCUT2D eigenvalue weighted by molar-refractivity contribution is 6.46. The molecule has 0 aliphatic carbocycles. The zero-order valence-electron chi connectivity index (χ0n) is 16.7. The van der Waals surface area contributed by atoms with Crippen molar-refractivity contribution in [2.75, 3.05) is 20.3 Å². The molecule has 7 nitrogen and oxygen atoms in total. The van der Waals surface area contributed by atoms with Crippen LogP contribution in [0.4, 0.5) is 0 Å². The van der Waals surface area contributed by atoms with E-state index in [2.05, 4.69) is 4.98 Å². The lowest BCUT2D eigenvalue weighted by Crippen LogP contribution is -2.33. The SMILES string of the molecule is COc1ccc(/C(O)=C2/C(=O)C(=O)N(CCOC(C)C)C2c2ccncc2)cc1. The molecule has 0 saturated carbocycles. The normalized spacial score (nSPS) is 18.5. The number of benzene rings is 1. The van der Waals surface area contributed by atoms with Crippen LogP contribution in [0.15, 0.2) is 54.4 Å². The fourth-order valence-corrected chi connectivity index (χ4v) is 3.29. The maximum absolute atomic E-state index is 12.8. The number of Topliss-reactive ketones (excluding diaryl/α,β-unsaturated/α-hetero) is 1. The van der Waals surface area contributed by atoms with Crippen molar-refractivity contribution in [1.82, 2.24) is 9.88 Å². The van der Waals surface area contributed by atoms with Crippen molar-refractivity contribution in [3.63, 3.8) is 0 Å². The van der Waals surface area contributed by atoms with Crippen molar-refractivity contribution in [1.29, 1.82) is 0 Å². The summed E-state index contributed by atoms with van der Waals surface area (Å²) in [5.74, 6) is -0.975. The van der Waals surface area contributed by atoms with Gasteiger partial charge in [0.2, 0.25) is 0 Å². The number of methoxy groups -OCH3 is 1. The zero-order valence-corrected chi connectivity index (χ0v) is 16.7. The molecule has 1 N–H and O–H groups in total. The van der Waals surface area contributed by atoms with Gasteiger partial charge in [-0.2, -0.15) is 0 Å². The van der Waals surface area contributed by atoms with E-state index in [-0.39, 0.29) is 30.6 Å². The summed E-state index contributed by atoms with van der Waals surface area (Å²) in [4.78, 5) is 31.0. The molecule has 3 rings (SSSR count). The van der Waals surface area contributed by atoms with Gasteiger partial charge < -0.3 is 19.5 Å². The Hall–Kier alpha value is -3.19. The number of pyridine rings is 1. The Bertz CT molecular complexity index is 907. The Morgan fingerprint density at radius 3 is 2.38 bits per heavy atom. The number of ether oxygens (including phenoxy) is 2. The molecule has 0 bridgehead atoms. The van der Waals surface area contributed by atoms with Gasteiger partial charge in [0.05, 0.1) is 31.4 Å². The number of aliphatic hydroxyl groups is 1. The molecule has 1 atom stereocenters. The minimum atomic E-state index is -0.718. The molecule has 1 amide bonds. The quantitative estimate of drug-likeness (QED) is 0.440. The number of carbonyl (C=O) groups excluding carboxylic acids is 2. The van der Waals surface area contributed by atoms with Gasteiger partial charge in [-0.15, -0.1) is 0 Å². The van der Waals surface area contributed by atoms with E-state index >= 15 is 0 Å². The second-order valence-corrected chi connectivity index (χ2v) is 6.92. The Morgan fingerprint density at radius 2 is 1.79 bits per heavy atom. The molecule has 1 saturated heterocycles. The summed E-state index contributed by atoms with van der Waals surface area (Å²) in [5, 5.41) is 10.9. The second kappa shape index (κ2) is 8.87. The molecule has 1 unspecified atom stereocenters. The van der Waals surface area contributed by atoms with Crippen LogP contribution in [-0.2, 0) is 14.3 Å². The van der Waals surface area contributed by atoms with Crippen molar-refractivity contribution in [2.45, 2.75) is 26.0 Å². The van der Waals surface area contributed by atoms with Crippen molar-refractivity contribution >= 4 is 17.4 Å². The first-order valence-electron chi connectivity index (χ1n) is 9.38. The van der Waals surface area contributed by atoms with E-state index in [1.807, 2.05) is 13.8 Å². The van der Waals surface area contributed by atoms with Crippen molar-refractivity contribution in [3.05, 3.63) is 65.5 Å². The molecule has 1 aromatic heterocycles. The van der Waals surface area contributed by atoms with E-state index in [9.17, 15) is 14.7 Å². The molecule has 7 heteroatoms. The van der Waals surface area contributed by atoms with E-state index in [1.165, 1.54) is 4.90 Å². The molecule has 2 aromatic rings. The number of carbonyl (C=O) groups is 2. The van der Waals surface area contributed by atoms with Crippen LogP contribution in [0.5, 0.6) is 5.75 Å². The van der Waals surface area contributed by atoms with Crippen molar-refractivity contribution in [2.24, 2.45) is 0 Å². The van der Waals surface area contributed by atoms with E-state index in [1.54, 1.807) is 55.9 Å². The highest BCUT2D eigenvalue weighted by Gasteiger charge is 2.45.